The van der Waals surface area contributed by atoms with Crippen molar-refractivity contribution in [1.82, 2.24) is 0 Å². The quantitative estimate of drug-likeness (QED) is 0.842. The van der Waals surface area contributed by atoms with E-state index >= 15 is 0 Å². The minimum atomic E-state index is -4.42. The maximum atomic E-state index is 12.0. The number of benzene rings is 1. The van der Waals surface area contributed by atoms with Gasteiger partial charge in [0.2, 0.25) is 5.91 Å². The van der Waals surface area contributed by atoms with E-state index in [1.54, 1.807) is 6.07 Å². The minimum absolute atomic E-state index is 0.0299. The van der Waals surface area contributed by atoms with Crippen molar-refractivity contribution in [2.45, 2.75) is 12.6 Å². The topological polar surface area (TPSA) is 38.3 Å². The Morgan fingerprint density at radius 2 is 2.00 bits per heavy atom. The molecular weight excluding hydrogens is 271 g/mol. The molecule has 0 aromatic heterocycles. The van der Waals surface area contributed by atoms with Gasteiger partial charge in [-0.15, -0.1) is 11.6 Å². The van der Waals surface area contributed by atoms with Crippen LogP contribution in [0.1, 0.15) is 6.42 Å². The summed E-state index contributed by atoms with van der Waals surface area (Å²) < 4.78 is 40.7. The number of ether oxygens (including phenoxy) is 1. The third-order valence-electron chi connectivity index (χ3n) is 1.87. The first-order valence-electron chi connectivity index (χ1n) is 5.07. The fourth-order valence-electron chi connectivity index (χ4n) is 1.15. The molecule has 0 spiro atoms. The molecule has 0 saturated carbocycles. The van der Waals surface area contributed by atoms with Gasteiger partial charge in [0.15, 0.2) is 6.61 Å². The zero-order valence-electron chi connectivity index (χ0n) is 9.26. The predicted molar refractivity (Wildman–Crippen MR) is 62.0 cm³/mol. The molecule has 0 unspecified atom stereocenters. The lowest BCUT2D eigenvalue weighted by Gasteiger charge is -2.13. The summed E-state index contributed by atoms with van der Waals surface area (Å²) in [5.41, 5.74) is 0.192. The molecule has 0 bridgehead atoms. The highest BCUT2D eigenvalue weighted by molar-refractivity contribution is 6.19. The Hall–Kier alpha value is -1.43. The molecule has 0 fully saturated rings. The molecule has 1 rings (SSSR count). The number of amides is 1. The number of alkyl halides is 4. The maximum absolute atomic E-state index is 12.0. The van der Waals surface area contributed by atoms with E-state index in [9.17, 15) is 18.0 Å². The van der Waals surface area contributed by atoms with Gasteiger partial charge in [0.25, 0.3) is 0 Å². The van der Waals surface area contributed by atoms with Gasteiger partial charge in [-0.2, -0.15) is 13.2 Å². The average Bonchev–Trinajstić information content (AvgIpc) is 2.27. The number of para-hydroxylation sites is 2. The molecule has 0 heterocycles. The van der Waals surface area contributed by atoms with Crippen molar-refractivity contribution in [1.29, 1.82) is 0 Å². The van der Waals surface area contributed by atoms with Crippen molar-refractivity contribution < 1.29 is 22.7 Å². The van der Waals surface area contributed by atoms with Crippen LogP contribution in [0.25, 0.3) is 0 Å². The maximum Gasteiger partial charge on any atom is 0.422 e. The van der Waals surface area contributed by atoms with Crippen LogP contribution in [0.2, 0.25) is 0 Å². The van der Waals surface area contributed by atoms with Crippen molar-refractivity contribution >= 4 is 23.2 Å². The molecule has 1 amide bonds. The van der Waals surface area contributed by atoms with Crippen molar-refractivity contribution in [2.24, 2.45) is 0 Å². The largest absolute Gasteiger partial charge is 0.482 e. The first kappa shape index (κ1) is 14.6. The van der Waals surface area contributed by atoms with E-state index < -0.39 is 12.8 Å². The van der Waals surface area contributed by atoms with Gasteiger partial charge >= 0.3 is 6.18 Å². The van der Waals surface area contributed by atoms with Crippen LogP contribution in [0.15, 0.2) is 24.3 Å². The number of carbonyl (C=O) groups is 1. The lowest BCUT2D eigenvalue weighted by Crippen LogP contribution is -2.20. The molecule has 0 saturated heterocycles. The molecule has 18 heavy (non-hydrogen) atoms. The van der Waals surface area contributed by atoms with E-state index in [4.69, 9.17) is 11.6 Å². The molecule has 1 aromatic rings. The highest BCUT2D eigenvalue weighted by Gasteiger charge is 2.28. The van der Waals surface area contributed by atoms with Crippen molar-refractivity contribution in [3.63, 3.8) is 0 Å². The average molecular weight is 282 g/mol. The SMILES string of the molecule is O=C(CCCl)Nc1ccccc1OCC(F)(F)F. The van der Waals surface area contributed by atoms with Crippen LogP contribution in [0, 0.1) is 0 Å². The number of carbonyl (C=O) groups excluding carboxylic acids is 1. The third-order valence-corrected chi connectivity index (χ3v) is 2.06. The minimum Gasteiger partial charge on any atom is -0.482 e. The number of hydrogen-bond donors (Lipinski definition) is 1. The highest BCUT2D eigenvalue weighted by Crippen LogP contribution is 2.26. The molecular formula is C11H11ClF3NO2. The lowest BCUT2D eigenvalue weighted by atomic mass is 10.3. The van der Waals surface area contributed by atoms with Crippen LogP contribution in [-0.4, -0.2) is 24.6 Å². The van der Waals surface area contributed by atoms with E-state index in [1.807, 2.05) is 0 Å². The van der Waals surface area contributed by atoms with Crippen LogP contribution >= 0.6 is 11.6 Å². The number of anilines is 1. The summed E-state index contributed by atoms with van der Waals surface area (Å²) in [6.45, 7) is -1.41. The normalized spacial score (nSPS) is 11.1. The summed E-state index contributed by atoms with van der Waals surface area (Å²) >= 11 is 5.38. The van der Waals surface area contributed by atoms with E-state index in [-0.39, 0.29) is 29.6 Å². The summed E-state index contributed by atoms with van der Waals surface area (Å²) in [7, 11) is 0. The van der Waals surface area contributed by atoms with Crippen LogP contribution in [0.5, 0.6) is 5.75 Å². The Morgan fingerprint density at radius 1 is 1.33 bits per heavy atom. The second-order valence-electron chi connectivity index (χ2n) is 3.39. The van der Waals surface area contributed by atoms with E-state index in [0.717, 1.165) is 0 Å². The molecule has 0 atom stereocenters. The molecule has 1 aromatic carbocycles. The van der Waals surface area contributed by atoms with E-state index in [0.29, 0.717) is 0 Å². The van der Waals surface area contributed by atoms with Crippen LogP contribution in [0.3, 0.4) is 0 Å². The molecule has 0 aliphatic carbocycles. The Labute approximate surface area is 107 Å². The predicted octanol–water partition coefficient (Wildman–Crippen LogP) is 3.20. The number of halogens is 4. The summed E-state index contributed by atoms with van der Waals surface area (Å²) in [5, 5.41) is 2.43. The Balaban J connectivity index is 2.70. The molecule has 0 radical (unpaired) electrons. The smallest absolute Gasteiger partial charge is 0.422 e. The van der Waals surface area contributed by atoms with Gasteiger partial charge in [-0.25, -0.2) is 0 Å². The molecule has 100 valence electrons. The summed E-state index contributed by atoms with van der Waals surface area (Å²) in [6, 6.07) is 5.90. The van der Waals surface area contributed by atoms with Crippen molar-refractivity contribution in [3.8, 4) is 5.75 Å². The Kier molecular flexibility index (Phi) is 5.27. The zero-order chi connectivity index (χ0) is 13.6. The van der Waals surface area contributed by atoms with E-state index in [2.05, 4.69) is 10.1 Å². The third kappa shape index (κ3) is 5.27. The van der Waals surface area contributed by atoms with Crippen LogP contribution < -0.4 is 10.1 Å². The van der Waals surface area contributed by atoms with Gasteiger partial charge in [-0.3, -0.25) is 4.79 Å². The van der Waals surface area contributed by atoms with E-state index in [1.165, 1.54) is 18.2 Å². The second kappa shape index (κ2) is 6.49. The van der Waals surface area contributed by atoms with Crippen LogP contribution in [0.4, 0.5) is 18.9 Å². The zero-order valence-corrected chi connectivity index (χ0v) is 10.0. The van der Waals surface area contributed by atoms with Gasteiger partial charge < -0.3 is 10.1 Å². The fourth-order valence-corrected chi connectivity index (χ4v) is 1.33. The fraction of sp³-hybridized carbons (Fsp3) is 0.364. The second-order valence-corrected chi connectivity index (χ2v) is 3.77. The molecule has 0 aliphatic rings. The first-order chi connectivity index (χ1) is 8.42. The monoisotopic (exact) mass is 281 g/mol. The van der Waals surface area contributed by atoms with Gasteiger partial charge in [0, 0.05) is 12.3 Å². The molecule has 0 aliphatic heterocycles. The summed E-state index contributed by atoms with van der Waals surface area (Å²) in [6.07, 6.45) is -4.34. The van der Waals surface area contributed by atoms with Crippen molar-refractivity contribution in [2.75, 3.05) is 17.8 Å². The van der Waals surface area contributed by atoms with Crippen molar-refractivity contribution in [3.05, 3.63) is 24.3 Å². The first-order valence-corrected chi connectivity index (χ1v) is 5.60. The molecule has 3 nitrogen and oxygen atoms in total. The van der Waals surface area contributed by atoms with Gasteiger partial charge in [0.05, 0.1) is 5.69 Å². The number of nitrogens with one attached hydrogen (secondary N) is 1. The van der Waals surface area contributed by atoms with Gasteiger partial charge in [0.1, 0.15) is 5.75 Å². The summed E-state index contributed by atoms with van der Waals surface area (Å²) in [5.74, 6) is -0.275. The summed E-state index contributed by atoms with van der Waals surface area (Å²) in [4.78, 5) is 11.3. The Bertz CT molecular complexity index is 410. The van der Waals surface area contributed by atoms with Crippen LogP contribution in [-0.2, 0) is 4.79 Å². The lowest BCUT2D eigenvalue weighted by molar-refractivity contribution is -0.153. The number of hydrogen-bond acceptors (Lipinski definition) is 2. The van der Waals surface area contributed by atoms with Gasteiger partial charge in [-0.1, -0.05) is 12.1 Å². The van der Waals surface area contributed by atoms with Gasteiger partial charge in [-0.05, 0) is 12.1 Å². The molecule has 7 heteroatoms. The standard InChI is InChI=1S/C11H11ClF3NO2/c12-6-5-10(17)16-8-3-1-2-4-9(8)18-7-11(13,14)15/h1-4H,5-7H2,(H,16,17). The molecule has 1 N–H and O–H groups in total. The highest BCUT2D eigenvalue weighted by atomic mass is 35.5. The Morgan fingerprint density at radius 3 is 2.61 bits per heavy atom. The number of rotatable bonds is 5.